The van der Waals surface area contributed by atoms with Gasteiger partial charge in [-0.2, -0.15) is 0 Å². The molecule has 0 aromatic carbocycles. The highest BCUT2D eigenvalue weighted by molar-refractivity contribution is 7.09. The highest BCUT2D eigenvalue weighted by Crippen LogP contribution is 2.16. The summed E-state index contributed by atoms with van der Waals surface area (Å²) in [5.74, 6) is 0.702. The van der Waals surface area contributed by atoms with E-state index in [1.54, 1.807) is 29.8 Å². The second-order valence-electron chi connectivity index (χ2n) is 3.98. The molecule has 0 aliphatic carbocycles. The highest BCUT2D eigenvalue weighted by Gasteiger charge is 2.04. The number of nitrogens with zero attached hydrogens (tertiary/aromatic N) is 1. The molecule has 0 spiro atoms. The summed E-state index contributed by atoms with van der Waals surface area (Å²) in [6, 6.07) is 5.94. The van der Waals surface area contributed by atoms with Gasteiger partial charge in [-0.05, 0) is 18.4 Å². The zero-order chi connectivity index (χ0) is 12.8. The number of hydrogen-bond donors (Lipinski definition) is 1. The molecule has 2 aromatic heterocycles. The fourth-order valence-corrected chi connectivity index (χ4v) is 2.38. The summed E-state index contributed by atoms with van der Waals surface area (Å²) in [6.45, 7) is 3.67. The Morgan fingerprint density at radius 2 is 2.39 bits per heavy atom. The molecular formula is C13H15ClN2OS. The van der Waals surface area contributed by atoms with E-state index >= 15 is 0 Å². The van der Waals surface area contributed by atoms with Gasteiger partial charge in [0.2, 0.25) is 0 Å². The molecule has 0 aliphatic rings. The molecule has 0 saturated heterocycles. The molecule has 1 unspecified atom stereocenters. The van der Waals surface area contributed by atoms with Gasteiger partial charge in [-0.3, -0.25) is 4.98 Å². The Labute approximate surface area is 116 Å². The second-order valence-corrected chi connectivity index (χ2v) is 5.45. The summed E-state index contributed by atoms with van der Waals surface area (Å²) >= 11 is 7.59. The largest absolute Gasteiger partial charge is 0.488 e. The van der Waals surface area contributed by atoms with Gasteiger partial charge in [0, 0.05) is 30.2 Å². The molecule has 2 rings (SSSR count). The number of nitrogens with one attached hydrogen (secondary N) is 1. The van der Waals surface area contributed by atoms with Gasteiger partial charge in [-0.1, -0.05) is 17.7 Å². The zero-order valence-corrected chi connectivity index (χ0v) is 11.7. The first-order valence-electron chi connectivity index (χ1n) is 5.74. The third kappa shape index (κ3) is 4.29. The van der Waals surface area contributed by atoms with Crippen LogP contribution >= 0.6 is 22.9 Å². The Morgan fingerprint density at radius 1 is 1.50 bits per heavy atom. The number of hydrogen-bond acceptors (Lipinski definition) is 4. The van der Waals surface area contributed by atoms with E-state index in [9.17, 15) is 0 Å². The molecule has 0 saturated carbocycles. The topological polar surface area (TPSA) is 34.1 Å². The predicted molar refractivity (Wildman–Crippen MR) is 75.4 cm³/mol. The number of ether oxygens (including phenoxy) is 1. The van der Waals surface area contributed by atoms with Crippen LogP contribution in [0.2, 0.25) is 5.02 Å². The quantitative estimate of drug-likeness (QED) is 0.882. The molecule has 96 valence electrons. The van der Waals surface area contributed by atoms with Gasteiger partial charge in [-0.15, -0.1) is 11.3 Å². The van der Waals surface area contributed by atoms with Gasteiger partial charge in [0.1, 0.15) is 11.9 Å². The van der Waals surface area contributed by atoms with Crippen molar-refractivity contribution in [2.75, 3.05) is 6.54 Å². The number of aromatic nitrogens is 1. The van der Waals surface area contributed by atoms with Crippen LogP contribution in [0.3, 0.4) is 0 Å². The Kier molecular flexibility index (Phi) is 4.99. The van der Waals surface area contributed by atoms with Crippen LogP contribution in [0.1, 0.15) is 11.8 Å². The minimum absolute atomic E-state index is 0.0743. The van der Waals surface area contributed by atoms with E-state index in [2.05, 4.69) is 27.8 Å². The lowest BCUT2D eigenvalue weighted by Crippen LogP contribution is -2.28. The van der Waals surface area contributed by atoms with Crippen molar-refractivity contribution < 1.29 is 4.74 Å². The van der Waals surface area contributed by atoms with Crippen LogP contribution in [0.4, 0.5) is 0 Å². The lowest BCUT2D eigenvalue weighted by atomic mass is 10.3. The molecule has 0 aliphatic heterocycles. The van der Waals surface area contributed by atoms with Crippen molar-refractivity contribution in [2.24, 2.45) is 0 Å². The van der Waals surface area contributed by atoms with E-state index in [4.69, 9.17) is 16.3 Å². The standard InChI is InChI=1S/C13H15ClN2OS/c1-10(6-15-9-13-3-2-4-18-13)17-12-5-11(14)7-16-8-12/h2-5,7-8,10,15H,6,9H2,1H3. The van der Waals surface area contributed by atoms with Gasteiger partial charge in [0.15, 0.2) is 0 Å². The molecule has 2 heterocycles. The van der Waals surface area contributed by atoms with E-state index in [-0.39, 0.29) is 6.10 Å². The fourth-order valence-electron chi connectivity index (χ4n) is 1.54. The van der Waals surface area contributed by atoms with E-state index < -0.39 is 0 Å². The molecule has 0 radical (unpaired) electrons. The number of halogens is 1. The second kappa shape index (κ2) is 6.73. The van der Waals surface area contributed by atoms with Crippen molar-refractivity contribution in [1.82, 2.24) is 10.3 Å². The minimum atomic E-state index is 0.0743. The highest BCUT2D eigenvalue weighted by atomic mass is 35.5. The van der Waals surface area contributed by atoms with E-state index in [0.717, 1.165) is 13.1 Å². The van der Waals surface area contributed by atoms with Crippen LogP contribution in [0.25, 0.3) is 0 Å². The number of rotatable bonds is 6. The fraction of sp³-hybridized carbons (Fsp3) is 0.308. The molecule has 2 aromatic rings. The third-order valence-electron chi connectivity index (χ3n) is 2.33. The lowest BCUT2D eigenvalue weighted by molar-refractivity contribution is 0.216. The van der Waals surface area contributed by atoms with Crippen molar-refractivity contribution >= 4 is 22.9 Å². The average Bonchev–Trinajstić information content (AvgIpc) is 2.82. The molecule has 3 nitrogen and oxygen atoms in total. The van der Waals surface area contributed by atoms with Crippen molar-refractivity contribution in [3.63, 3.8) is 0 Å². The van der Waals surface area contributed by atoms with Crippen LogP contribution < -0.4 is 10.1 Å². The maximum atomic E-state index is 5.84. The maximum absolute atomic E-state index is 5.84. The molecular weight excluding hydrogens is 268 g/mol. The SMILES string of the molecule is CC(CNCc1cccs1)Oc1cncc(Cl)c1. The van der Waals surface area contributed by atoms with E-state index in [1.165, 1.54) is 4.88 Å². The normalized spacial score (nSPS) is 12.3. The number of thiophene rings is 1. The van der Waals surface area contributed by atoms with Gasteiger partial charge in [-0.25, -0.2) is 0 Å². The Bertz CT molecular complexity index is 476. The first-order valence-corrected chi connectivity index (χ1v) is 7.00. The minimum Gasteiger partial charge on any atom is -0.488 e. The van der Waals surface area contributed by atoms with Crippen LogP contribution in [-0.2, 0) is 6.54 Å². The van der Waals surface area contributed by atoms with Crippen molar-refractivity contribution in [3.8, 4) is 5.75 Å². The van der Waals surface area contributed by atoms with Crippen LogP contribution in [0.15, 0.2) is 36.0 Å². The van der Waals surface area contributed by atoms with Gasteiger partial charge < -0.3 is 10.1 Å². The van der Waals surface area contributed by atoms with Gasteiger partial charge in [0.25, 0.3) is 0 Å². The average molecular weight is 283 g/mol. The van der Waals surface area contributed by atoms with Crippen molar-refractivity contribution in [1.29, 1.82) is 0 Å². The van der Waals surface area contributed by atoms with E-state index in [0.29, 0.717) is 10.8 Å². The van der Waals surface area contributed by atoms with Crippen LogP contribution in [-0.4, -0.2) is 17.6 Å². The maximum Gasteiger partial charge on any atom is 0.139 e. The number of pyridine rings is 1. The van der Waals surface area contributed by atoms with Crippen LogP contribution in [0.5, 0.6) is 5.75 Å². The zero-order valence-electron chi connectivity index (χ0n) is 10.1. The first kappa shape index (κ1) is 13.3. The third-order valence-corrected chi connectivity index (χ3v) is 3.41. The summed E-state index contributed by atoms with van der Waals surface area (Å²) in [5.41, 5.74) is 0. The Balaban J connectivity index is 1.73. The summed E-state index contributed by atoms with van der Waals surface area (Å²) < 4.78 is 5.71. The van der Waals surface area contributed by atoms with E-state index in [1.807, 2.05) is 6.92 Å². The smallest absolute Gasteiger partial charge is 0.139 e. The lowest BCUT2D eigenvalue weighted by Gasteiger charge is -2.15. The molecule has 5 heteroatoms. The van der Waals surface area contributed by atoms with Gasteiger partial charge >= 0.3 is 0 Å². The molecule has 1 atom stereocenters. The monoisotopic (exact) mass is 282 g/mol. The first-order chi connectivity index (χ1) is 8.74. The summed E-state index contributed by atoms with van der Waals surface area (Å²) in [7, 11) is 0. The van der Waals surface area contributed by atoms with Crippen molar-refractivity contribution in [2.45, 2.75) is 19.6 Å². The molecule has 0 amide bonds. The molecule has 18 heavy (non-hydrogen) atoms. The Hall–Kier alpha value is -1.10. The predicted octanol–water partition coefficient (Wildman–Crippen LogP) is 3.35. The molecule has 0 fully saturated rings. The van der Waals surface area contributed by atoms with Gasteiger partial charge in [0.05, 0.1) is 11.2 Å². The summed E-state index contributed by atoms with van der Waals surface area (Å²) in [5, 5.41) is 6.02. The summed E-state index contributed by atoms with van der Waals surface area (Å²) in [6.07, 6.45) is 3.33. The summed E-state index contributed by atoms with van der Waals surface area (Å²) in [4.78, 5) is 5.31. The van der Waals surface area contributed by atoms with Crippen molar-refractivity contribution in [3.05, 3.63) is 45.9 Å². The molecule has 1 N–H and O–H groups in total. The molecule has 0 bridgehead atoms. The van der Waals surface area contributed by atoms with Crippen LogP contribution in [0, 0.1) is 0 Å². The Morgan fingerprint density at radius 3 is 3.11 bits per heavy atom.